The molecule has 0 saturated carbocycles. The quantitative estimate of drug-likeness (QED) is 0.661. The van der Waals surface area contributed by atoms with Gasteiger partial charge in [-0.1, -0.05) is 77.8 Å². The summed E-state index contributed by atoms with van der Waals surface area (Å²) in [5.41, 5.74) is 5.83. The predicted octanol–water partition coefficient (Wildman–Crippen LogP) is 5.37. The molecule has 0 atom stereocenters. The van der Waals surface area contributed by atoms with Crippen LogP contribution in [0.4, 0.5) is 0 Å². The van der Waals surface area contributed by atoms with Gasteiger partial charge in [0.05, 0.1) is 0 Å². The number of aryl methyl sites for hydroxylation is 2. The second-order valence-electron chi connectivity index (χ2n) is 4.74. The van der Waals surface area contributed by atoms with Crippen LogP contribution in [-0.2, 0) is 12.8 Å². The van der Waals surface area contributed by atoms with E-state index in [1.807, 2.05) is 0 Å². The van der Waals surface area contributed by atoms with Gasteiger partial charge in [-0.2, -0.15) is 0 Å². The fourth-order valence-corrected chi connectivity index (χ4v) is 2.35. The first-order valence-electron chi connectivity index (χ1n) is 6.74. The Balaban J connectivity index is 1.81. The van der Waals surface area contributed by atoms with E-state index in [0.717, 1.165) is 25.7 Å². The molecular formula is C18H19Cl. The average Bonchev–Trinajstić information content (AvgIpc) is 2.49. The van der Waals surface area contributed by atoms with Crippen LogP contribution in [-0.4, -0.2) is 0 Å². The fraction of sp³-hybridized carbons (Fsp3) is 0.222. The lowest BCUT2D eigenvalue weighted by molar-refractivity contribution is 0.838. The van der Waals surface area contributed by atoms with Crippen molar-refractivity contribution in [3.63, 3.8) is 0 Å². The van der Waals surface area contributed by atoms with E-state index in [9.17, 15) is 0 Å². The number of hydrogen-bond donors (Lipinski definition) is 0. The first-order chi connectivity index (χ1) is 9.38. The Morgan fingerprint density at radius 3 is 1.53 bits per heavy atom. The van der Waals surface area contributed by atoms with Crippen LogP contribution in [0.5, 0.6) is 0 Å². The second-order valence-corrected chi connectivity index (χ2v) is 4.96. The normalized spacial score (nSPS) is 10.2. The summed E-state index contributed by atoms with van der Waals surface area (Å²) in [5.74, 6) is 0. The smallest absolute Gasteiger partial charge is 0.00347 e. The second kappa shape index (κ2) is 7.81. The van der Waals surface area contributed by atoms with Gasteiger partial charge in [0, 0.05) is 5.54 Å². The van der Waals surface area contributed by atoms with Gasteiger partial charge in [-0.05, 0) is 36.8 Å². The van der Waals surface area contributed by atoms with Crippen molar-refractivity contribution in [3.05, 3.63) is 82.9 Å². The molecule has 0 aromatic heterocycles. The van der Waals surface area contributed by atoms with Crippen molar-refractivity contribution in [1.29, 1.82) is 0 Å². The van der Waals surface area contributed by atoms with E-state index in [1.165, 1.54) is 16.7 Å². The zero-order valence-corrected chi connectivity index (χ0v) is 11.8. The molecule has 0 nitrogen and oxygen atoms in total. The summed E-state index contributed by atoms with van der Waals surface area (Å²) in [4.78, 5) is 0. The molecule has 0 unspecified atom stereocenters. The Morgan fingerprint density at radius 1 is 0.737 bits per heavy atom. The van der Waals surface area contributed by atoms with E-state index in [4.69, 9.17) is 11.6 Å². The van der Waals surface area contributed by atoms with Crippen molar-refractivity contribution in [2.24, 2.45) is 0 Å². The topological polar surface area (TPSA) is 0 Å². The number of allylic oxidation sites excluding steroid dienone is 1. The molecule has 0 N–H and O–H groups in total. The van der Waals surface area contributed by atoms with E-state index in [0.29, 0.717) is 0 Å². The van der Waals surface area contributed by atoms with Crippen LogP contribution in [0.15, 0.2) is 71.8 Å². The van der Waals surface area contributed by atoms with Gasteiger partial charge < -0.3 is 0 Å². The van der Waals surface area contributed by atoms with E-state index in [2.05, 4.69) is 60.7 Å². The molecule has 0 aliphatic heterocycles. The molecule has 19 heavy (non-hydrogen) atoms. The maximum absolute atomic E-state index is 5.94. The summed E-state index contributed by atoms with van der Waals surface area (Å²) in [7, 11) is 0. The molecular weight excluding hydrogens is 252 g/mol. The van der Waals surface area contributed by atoms with Crippen LogP contribution in [0.25, 0.3) is 0 Å². The molecule has 0 spiro atoms. The van der Waals surface area contributed by atoms with E-state index in [1.54, 1.807) is 5.54 Å². The van der Waals surface area contributed by atoms with Gasteiger partial charge in [-0.25, -0.2) is 0 Å². The first kappa shape index (κ1) is 13.9. The highest BCUT2D eigenvalue weighted by Gasteiger charge is 2.00. The Morgan fingerprint density at radius 2 is 1.16 bits per heavy atom. The Bertz CT molecular complexity index is 454. The lowest BCUT2D eigenvalue weighted by Gasteiger charge is -2.07. The third kappa shape index (κ3) is 4.92. The number of halogens is 1. The van der Waals surface area contributed by atoms with Crippen molar-refractivity contribution in [3.8, 4) is 0 Å². The highest BCUT2D eigenvalue weighted by atomic mass is 35.5. The highest BCUT2D eigenvalue weighted by molar-refractivity contribution is 6.25. The SMILES string of the molecule is ClC=C(CCc1ccccc1)CCc1ccccc1. The molecule has 1 heteroatoms. The van der Waals surface area contributed by atoms with Crippen molar-refractivity contribution in [2.75, 3.05) is 0 Å². The molecule has 2 aromatic carbocycles. The largest absolute Gasteiger partial charge is 0.0930 e. The monoisotopic (exact) mass is 270 g/mol. The van der Waals surface area contributed by atoms with Gasteiger partial charge in [-0.15, -0.1) is 0 Å². The highest BCUT2D eigenvalue weighted by Crippen LogP contribution is 2.16. The summed E-state index contributed by atoms with van der Waals surface area (Å²) in [6.07, 6.45) is 4.21. The van der Waals surface area contributed by atoms with Crippen molar-refractivity contribution >= 4 is 11.6 Å². The van der Waals surface area contributed by atoms with Crippen LogP contribution in [0.1, 0.15) is 24.0 Å². The Kier molecular flexibility index (Phi) is 5.71. The summed E-state index contributed by atoms with van der Waals surface area (Å²) in [6, 6.07) is 21.1. The minimum absolute atomic E-state index is 1.04. The molecule has 2 rings (SSSR count). The molecule has 0 radical (unpaired) electrons. The van der Waals surface area contributed by atoms with Crippen molar-refractivity contribution in [1.82, 2.24) is 0 Å². The van der Waals surface area contributed by atoms with Crippen molar-refractivity contribution < 1.29 is 0 Å². The zero-order valence-electron chi connectivity index (χ0n) is 11.1. The summed E-state index contributed by atoms with van der Waals surface area (Å²) < 4.78 is 0. The standard InChI is InChI=1S/C18H19Cl/c19-15-18(13-11-16-7-3-1-4-8-16)14-12-17-9-5-2-6-10-17/h1-10,15H,11-14H2. The Labute approximate surface area is 120 Å². The molecule has 0 heterocycles. The fourth-order valence-electron chi connectivity index (χ4n) is 2.13. The maximum atomic E-state index is 5.94. The summed E-state index contributed by atoms with van der Waals surface area (Å²) in [6.45, 7) is 0. The van der Waals surface area contributed by atoms with E-state index < -0.39 is 0 Å². The summed E-state index contributed by atoms with van der Waals surface area (Å²) >= 11 is 5.94. The maximum Gasteiger partial charge on any atom is 0.00347 e. The molecule has 2 aromatic rings. The predicted molar refractivity (Wildman–Crippen MR) is 83.5 cm³/mol. The van der Waals surface area contributed by atoms with Crippen molar-refractivity contribution in [2.45, 2.75) is 25.7 Å². The van der Waals surface area contributed by atoms with Gasteiger partial charge in [0.25, 0.3) is 0 Å². The van der Waals surface area contributed by atoms with Gasteiger partial charge in [0.1, 0.15) is 0 Å². The number of hydrogen-bond acceptors (Lipinski definition) is 0. The van der Waals surface area contributed by atoms with Gasteiger partial charge >= 0.3 is 0 Å². The molecule has 0 saturated heterocycles. The van der Waals surface area contributed by atoms with Gasteiger partial charge in [0.2, 0.25) is 0 Å². The first-order valence-corrected chi connectivity index (χ1v) is 7.18. The zero-order chi connectivity index (χ0) is 13.3. The molecule has 0 aliphatic carbocycles. The van der Waals surface area contributed by atoms with Crippen LogP contribution in [0, 0.1) is 0 Å². The molecule has 0 fully saturated rings. The van der Waals surface area contributed by atoms with Crippen LogP contribution < -0.4 is 0 Å². The lowest BCUT2D eigenvalue weighted by Crippen LogP contribution is -1.92. The Hall–Kier alpha value is -1.53. The number of benzene rings is 2. The molecule has 98 valence electrons. The average molecular weight is 271 g/mol. The summed E-state index contributed by atoms with van der Waals surface area (Å²) in [5, 5.41) is 0. The molecule has 0 bridgehead atoms. The van der Waals surface area contributed by atoms with Crippen LogP contribution >= 0.6 is 11.6 Å². The van der Waals surface area contributed by atoms with Gasteiger partial charge in [-0.3, -0.25) is 0 Å². The third-order valence-corrected chi connectivity index (χ3v) is 3.62. The van der Waals surface area contributed by atoms with Crippen LogP contribution in [0.2, 0.25) is 0 Å². The minimum Gasteiger partial charge on any atom is -0.0930 e. The van der Waals surface area contributed by atoms with E-state index >= 15 is 0 Å². The minimum atomic E-state index is 1.04. The third-order valence-electron chi connectivity index (χ3n) is 3.31. The molecule has 0 amide bonds. The van der Waals surface area contributed by atoms with Gasteiger partial charge in [0.15, 0.2) is 0 Å². The number of rotatable bonds is 6. The lowest BCUT2D eigenvalue weighted by atomic mass is 10.00. The molecule has 0 aliphatic rings. The van der Waals surface area contributed by atoms with E-state index in [-0.39, 0.29) is 0 Å². The van der Waals surface area contributed by atoms with Crippen LogP contribution in [0.3, 0.4) is 0 Å².